The van der Waals surface area contributed by atoms with Gasteiger partial charge in [0.05, 0.1) is 19.6 Å². The van der Waals surface area contributed by atoms with E-state index < -0.39 is 41.5 Å². The molecule has 0 rings (SSSR count). The lowest BCUT2D eigenvalue weighted by Crippen LogP contribution is -2.46. The van der Waals surface area contributed by atoms with Gasteiger partial charge in [-0.3, -0.25) is 9.59 Å². The van der Waals surface area contributed by atoms with Crippen LogP contribution in [0.2, 0.25) is 0 Å². The van der Waals surface area contributed by atoms with Gasteiger partial charge in [0.15, 0.2) is 11.7 Å². The molecule has 0 heterocycles. The normalized spacial score (nSPS) is 14.5. The van der Waals surface area contributed by atoms with Crippen molar-refractivity contribution >= 4 is 23.9 Å². The first-order valence-corrected chi connectivity index (χ1v) is 9.17. The lowest BCUT2D eigenvalue weighted by molar-refractivity contribution is -0.167. The third-order valence-electron chi connectivity index (χ3n) is 3.98. The standard InChI is InChI=1S/2C9H16O5/c1-3-13-8(11)6-5-7(10)9(12)14-4-2;1-3-6(5-7(10)11)9(14,4-2)8(12)13/h7,10H,3-6H2,1-2H3;6,14H,3-5H2,1-2H3,(H,10,11)(H,12,13). The van der Waals surface area contributed by atoms with Gasteiger partial charge in [-0.1, -0.05) is 13.8 Å². The molecule has 0 aliphatic rings. The number of carbonyl (C=O) groups is 4. The van der Waals surface area contributed by atoms with Gasteiger partial charge < -0.3 is 29.9 Å². The number of aliphatic hydroxyl groups excluding tert-OH is 1. The fourth-order valence-corrected chi connectivity index (χ4v) is 2.32. The zero-order valence-corrected chi connectivity index (χ0v) is 16.8. The number of hydrogen-bond acceptors (Lipinski definition) is 8. The number of hydrogen-bond donors (Lipinski definition) is 4. The summed E-state index contributed by atoms with van der Waals surface area (Å²) < 4.78 is 9.18. The molecule has 28 heavy (non-hydrogen) atoms. The van der Waals surface area contributed by atoms with Crippen molar-refractivity contribution in [3.63, 3.8) is 0 Å². The van der Waals surface area contributed by atoms with Crippen LogP contribution < -0.4 is 0 Å². The van der Waals surface area contributed by atoms with Gasteiger partial charge in [-0.15, -0.1) is 0 Å². The molecule has 0 spiro atoms. The minimum Gasteiger partial charge on any atom is -0.481 e. The molecule has 3 atom stereocenters. The molecule has 0 bridgehead atoms. The van der Waals surface area contributed by atoms with E-state index >= 15 is 0 Å². The number of carboxylic acid groups (broad SMARTS) is 2. The van der Waals surface area contributed by atoms with Gasteiger partial charge in [0, 0.05) is 12.3 Å². The highest BCUT2D eigenvalue weighted by molar-refractivity contribution is 5.79. The topological polar surface area (TPSA) is 168 Å². The highest BCUT2D eigenvalue weighted by Crippen LogP contribution is 2.27. The van der Waals surface area contributed by atoms with Crippen LogP contribution >= 0.6 is 0 Å². The Bertz CT molecular complexity index is 505. The van der Waals surface area contributed by atoms with Crippen molar-refractivity contribution in [3.8, 4) is 0 Å². The highest BCUT2D eigenvalue weighted by atomic mass is 16.5. The predicted molar refractivity (Wildman–Crippen MR) is 97.4 cm³/mol. The smallest absolute Gasteiger partial charge is 0.335 e. The van der Waals surface area contributed by atoms with Crippen molar-refractivity contribution in [2.75, 3.05) is 13.2 Å². The molecule has 4 N–H and O–H groups in total. The molecule has 0 aromatic carbocycles. The van der Waals surface area contributed by atoms with E-state index in [1.165, 1.54) is 6.92 Å². The van der Waals surface area contributed by atoms with Gasteiger partial charge in [-0.2, -0.15) is 0 Å². The summed E-state index contributed by atoms with van der Waals surface area (Å²) in [4.78, 5) is 43.0. The molecule has 0 radical (unpaired) electrons. The van der Waals surface area contributed by atoms with Gasteiger partial charge >= 0.3 is 23.9 Å². The second kappa shape index (κ2) is 14.8. The minimum absolute atomic E-state index is 0.00806. The number of aliphatic hydroxyl groups is 2. The van der Waals surface area contributed by atoms with E-state index in [0.717, 1.165) is 0 Å². The van der Waals surface area contributed by atoms with Gasteiger partial charge in [0.1, 0.15) is 0 Å². The number of carbonyl (C=O) groups excluding carboxylic acids is 2. The molecule has 10 heteroatoms. The Kier molecular flexibility index (Phi) is 14.8. The molecule has 0 amide bonds. The summed E-state index contributed by atoms with van der Waals surface area (Å²) in [6.07, 6.45) is -1.17. The summed E-state index contributed by atoms with van der Waals surface area (Å²) in [5.74, 6) is -4.31. The highest BCUT2D eigenvalue weighted by Gasteiger charge is 2.42. The van der Waals surface area contributed by atoms with Crippen LogP contribution in [-0.2, 0) is 28.7 Å². The van der Waals surface area contributed by atoms with Gasteiger partial charge in [-0.25, -0.2) is 9.59 Å². The van der Waals surface area contributed by atoms with E-state index in [1.54, 1.807) is 20.8 Å². The van der Waals surface area contributed by atoms with Crippen LogP contribution in [0.5, 0.6) is 0 Å². The zero-order chi connectivity index (χ0) is 22.3. The van der Waals surface area contributed by atoms with E-state index in [0.29, 0.717) is 13.0 Å². The molecule has 0 aliphatic carbocycles. The average Bonchev–Trinajstić information content (AvgIpc) is 2.64. The summed E-state index contributed by atoms with van der Waals surface area (Å²) >= 11 is 0. The lowest BCUT2D eigenvalue weighted by Gasteiger charge is -2.29. The third-order valence-corrected chi connectivity index (χ3v) is 3.98. The van der Waals surface area contributed by atoms with Crippen molar-refractivity contribution in [3.05, 3.63) is 0 Å². The molecular weight excluding hydrogens is 376 g/mol. The molecular formula is C18H32O10. The van der Waals surface area contributed by atoms with Gasteiger partial charge in [0.25, 0.3) is 0 Å². The molecule has 0 fully saturated rings. The number of esters is 2. The Hall–Kier alpha value is -2.20. The zero-order valence-electron chi connectivity index (χ0n) is 16.8. The summed E-state index contributed by atoms with van der Waals surface area (Å²) in [6, 6.07) is 0. The Morgan fingerprint density at radius 3 is 1.86 bits per heavy atom. The molecule has 0 aliphatic heterocycles. The Morgan fingerprint density at radius 2 is 1.50 bits per heavy atom. The SMILES string of the molecule is CCC(CC(=O)O)C(O)(CC)C(=O)O.CCOC(=O)CCC(O)C(=O)OCC. The monoisotopic (exact) mass is 408 g/mol. The van der Waals surface area contributed by atoms with Crippen LogP contribution in [0.1, 0.15) is 59.8 Å². The average molecular weight is 408 g/mol. The summed E-state index contributed by atoms with van der Waals surface area (Å²) in [5.41, 5.74) is -1.92. The number of rotatable bonds is 12. The van der Waals surface area contributed by atoms with E-state index in [-0.39, 0.29) is 32.3 Å². The number of ether oxygens (including phenoxy) is 2. The summed E-state index contributed by atoms with van der Waals surface area (Å²) in [6.45, 7) is 7.05. The molecule has 0 aromatic rings. The van der Waals surface area contributed by atoms with Crippen LogP contribution in [0, 0.1) is 5.92 Å². The Labute approximate surface area is 164 Å². The first-order valence-electron chi connectivity index (χ1n) is 9.17. The van der Waals surface area contributed by atoms with Crippen molar-refractivity contribution in [1.82, 2.24) is 0 Å². The van der Waals surface area contributed by atoms with E-state index in [4.69, 9.17) is 10.2 Å². The molecule has 0 aromatic heterocycles. The Morgan fingerprint density at radius 1 is 0.964 bits per heavy atom. The third kappa shape index (κ3) is 10.8. The fourth-order valence-electron chi connectivity index (χ4n) is 2.32. The summed E-state index contributed by atoms with van der Waals surface area (Å²) in [7, 11) is 0. The Balaban J connectivity index is 0. The molecule has 3 unspecified atom stereocenters. The first kappa shape index (κ1) is 28.0. The predicted octanol–water partition coefficient (Wildman–Crippen LogP) is 0.967. The minimum atomic E-state index is -1.92. The van der Waals surface area contributed by atoms with Crippen LogP contribution in [-0.4, -0.2) is 69.2 Å². The fraction of sp³-hybridized carbons (Fsp3) is 0.778. The summed E-state index contributed by atoms with van der Waals surface area (Å²) in [5, 5.41) is 36.3. The largest absolute Gasteiger partial charge is 0.481 e. The molecule has 0 saturated carbocycles. The van der Waals surface area contributed by atoms with Gasteiger partial charge in [0.2, 0.25) is 0 Å². The maximum atomic E-state index is 10.9. The van der Waals surface area contributed by atoms with Crippen LogP contribution in [0.15, 0.2) is 0 Å². The maximum absolute atomic E-state index is 10.9. The molecule has 10 nitrogen and oxygen atoms in total. The second-order valence-electron chi connectivity index (χ2n) is 5.90. The van der Waals surface area contributed by atoms with Crippen molar-refractivity contribution in [1.29, 1.82) is 0 Å². The van der Waals surface area contributed by atoms with Crippen LogP contribution in [0.25, 0.3) is 0 Å². The van der Waals surface area contributed by atoms with E-state index in [9.17, 15) is 29.4 Å². The number of aliphatic carboxylic acids is 2. The second-order valence-corrected chi connectivity index (χ2v) is 5.90. The molecule has 0 saturated heterocycles. The molecule has 164 valence electrons. The van der Waals surface area contributed by atoms with E-state index in [2.05, 4.69) is 9.47 Å². The first-order chi connectivity index (χ1) is 13.0. The van der Waals surface area contributed by atoms with Crippen LogP contribution in [0.3, 0.4) is 0 Å². The van der Waals surface area contributed by atoms with Gasteiger partial charge in [-0.05, 0) is 33.1 Å². The maximum Gasteiger partial charge on any atom is 0.335 e. The van der Waals surface area contributed by atoms with Crippen molar-refractivity contribution < 1.29 is 49.1 Å². The lowest BCUT2D eigenvalue weighted by atomic mass is 9.81. The van der Waals surface area contributed by atoms with E-state index in [1.807, 2.05) is 0 Å². The van der Waals surface area contributed by atoms with Crippen molar-refractivity contribution in [2.45, 2.75) is 71.5 Å². The van der Waals surface area contributed by atoms with Crippen LogP contribution in [0.4, 0.5) is 0 Å². The quantitative estimate of drug-likeness (QED) is 0.341. The number of carboxylic acids is 2. The van der Waals surface area contributed by atoms with Crippen molar-refractivity contribution in [2.24, 2.45) is 5.92 Å².